The SMILES string of the molecule is CCCC(C)COc1ccc(C)cc1C#CCN. The summed E-state index contributed by atoms with van der Waals surface area (Å²) in [7, 11) is 0. The largest absolute Gasteiger partial charge is 0.492 e. The van der Waals surface area contributed by atoms with E-state index in [2.05, 4.69) is 32.6 Å². The third-order valence-electron chi connectivity index (χ3n) is 2.77. The van der Waals surface area contributed by atoms with Gasteiger partial charge in [-0.15, -0.1) is 0 Å². The summed E-state index contributed by atoms with van der Waals surface area (Å²) < 4.78 is 5.86. The number of ether oxygens (including phenoxy) is 1. The van der Waals surface area contributed by atoms with Crippen molar-refractivity contribution in [2.24, 2.45) is 11.7 Å². The monoisotopic (exact) mass is 245 g/mol. The molecule has 1 aromatic carbocycles. The molecule has 0 saturated heterocycles. The predicted molar refractivity (Wildman–Crippen MR) is 76.7 cm³/mol. The summed E-state index contributed by atoms with van der Waals surface area (Å²) in [5.74, 6) is 7.39. The van der Waals surface area contributed by atoms with E-state index in [-0.39, 0.29) is 0 Å². The smallest absolute Gasteiger partial charge is 0.134 e. The molecule has 18 heavy (non-hydrogen) atoms. The van der Waals surface area contributed by atoms with Gasteiger partial charge in [0.25, 0.3) is 0 Å². The Bertz CT molecular complexity index is 428. The van der Waals surface area contributed by atoms with Crippen molar-refractivity contribution in [2.75, 3.05) is 13.2 Å². The summed E-state index contributed by atoms with van der Waals surface area (Å²) in [6.07, 6.45) is 2.38. The molecule has 0 heterocycles. The fourth-order valence-corrected chi connectivity index (χ4v) is 1.82. The Hall–Kier alpha value is -1.46. The predicted octanol–water partition coefficient (Wildman–Crippen LogP) is 3.12. The van der Waals surface area contributed by atoms with Crippen molar-refractivity contribution in [1.82, 2.24) is 0 Å². The zero-order valence-electron chi connectivity index (χ0n) is 11.6. The fraction of sp³-hybridized carbons (Fsp3) is 0.500. The molecule has 0 fully saturated rings. The molecule has 98 valence electrons. The first-order valence-corrected chi connectivity index (χ1v) is 6.59. The van der Waals surface area contributed by atoms with Crippen LogP contribution >= 0.6 is 0 Å². The second-order valence-corrected chi connectivity index (χ2v) is 4.71. The van der Waals surface area contributed by atoms with Crippen molar-refractivity contribution < 1.29 is 4.74 Å². The maximum Gasteiger partial charge on any atom is 0.134 e. The fourth-order valence-electron chi connectivity index (χ4n) is 1.82. The van der Waals surface area contributed by atoms with Gasteiger partial charge < -0.3 is 10.5 Å². The number of aryl methyl sites for hydroxylation is 1. The lowest BCUT2D eigenvalue weighted by atomic mass is 10.1. The molecule has 0 aromatic heterocycles. The van der Waals surface area contributed by atoms with Crippen LogP contribution in [0.4, 0.5) is 0 Å². The lowest BCUT2D eigenvalue weighted by Crippen LogP contribution is -2.09. The van der Waals surface area contributed by atoms with Crippen LogP contribution in [0.15, 0.2) is 18.2 Å². The van der Waals surface area contributed by atoms with Crippen molar-refractivity contribution in [3.63, 3.8) is 0 Å². The summed E-state index contributed by atoms with van der Waals surface area (Å²) in [6, 6.07) is 6.09. The van der Waals surface area contributed by atoms with E-state index in [4.69, 9.17) is 10.5 Å². The van der Waals surface area contributed by atoms with Crippen LogP contribution in [0.3, 0.4) is 0 Å². The molecule has 2 nitrogen and oxygen atoms in total. The third kappa shape index (κ3) is 4.81. The highest BCUT2D eigenvalue weighted by atomic mass is 16.5. The third-order valence-corrected chi connectivity index (χ3v) is 2.77. The Morgan fingerprint density at radius 1 is 1.39 bits per heavy atom. The van der Waals surface area contributed by atoms with Crippen molar-refractivity contribution >= 4 is 0 Å². The lowest BCUT2D eigenvalue weighted by molar-refractivity contribution is 0.251. The number of nitrogens with two attached hydrogens (primary N) is 1. The summed E-state index contributed by atoms with van der Waals surface area (Å²) in [5.41, 5.74) is 7.53. The lowest BCUT2D eigenvalue weighted by Gasteiger charge is -2.13. The van der Waals surface area contributed by atoms with Crippen LogP contribution in [-0.4, -0.2) is 13.2 Å². The highest BCUT2D eigenvalue weighted by Crippen LogP contribution is 2.20. The average Bonchev–Trinajstić information content (AvgIpc) is 2.35. The van der Waals surface area contributed by atoms with Crippen LogP contribution in [0.2, 0.25) is 0 Å². The number of rotatable bonds is 5. The van der Waals surface area contributed by atoms with Crippen molar-refractivity contribution in [3.8, 4) is 17.6 Å². The maximum absolute atomic E-state index is 5.86. The summed E-state index contributed by atoms with van der Waals surface area (Å²) in [5, 5.41) is 0. The molecule has 0 bridgehead atoms. The van der Waals surface area contributed by atoms with Gasteiger partial charge in [-0.25, -0.2) is 0 Å². The molecule has 0 saturated carbocycles. The number of hydrogen-bond donors (Lipinski definition) is 1. The molecule has 2 N–H and O–H groups in total. The topological polar surface area (TPSA) is 35.2 Å². The van der Waals surface area contributed by atoms with Crippen LogP contribution in [0, 0.1) is 24.7 Å². The number of benzene rings is 1. The van der Waals surface area contributed by atoms with Crippen molar-refractivity contribution in [1.29, 1.82) is 0 Å². The Balaban J connectivity index is 2.75. The molecule has 0 spiro atoms. The van der Waals surface area contributed by atoms with Crippen LogP contribution in [0.25, 0.3) is 0 Å². The Morgan fingerprint density at radius 2 is 2.17 bits per heavy atom. The Labute approximate surface area is 111 Å². The molecule has 2 heteroatoms. The molecule has 0 amide bonds. The molecule has 0 radical (unpaired) electrons. The van der Waals surface area contributed by atoms with Gasteiger partial charge in [0.15, 0.2) is 0 Å². The summed E-state index contributed by atoms with van der Waals surface area (Å²) in [6.45, 7) is 7.58. The zero-order chi connectivity index (χ0) is 13.4. The van der Waals surface area contributed by atoms with Gasteiger partial charge in [-0.2, -0.15) is 0 Å². The molecule has 0 aliphatic rings. The van der Waals surface area contributed by atoms with E-state index in [1.165, 1.54) is 18.4 Å². The zero-order valence-corrected chi connectivity index (χ0v) is 11.6. The molecule has 1 aromatic rings. The number of hydrogen-bond acceptors (Lipinski definition) is 2. The molecule has 1 rings (SSSR count). The molecule has 0 aliphatic carbocycles. The minimum atomic E-state index is 0.375. The van der Waals surface area contributed by atoms with E-state index >= 15 is 0 Å². The molecular formula is C16H23NO. The van der Waals surface area contributed by atoms with Crippen LogP contribution < -0.4 is 10.5 Å². The van der Waals surface area contributed by atoms with Gasteiger partial charge in [-0.3, -0.25) is 0 Å². The summed E-state index contributed by atoms with van der Waals surface area (Å²) >= 11 is 0. The molecule has 0 aliphatic heterocycles. The second-order valence-electron chi connectivity index (χ2n) is 4.71. The van der Waals surface area contributed by atoms with E-state index in [1.807, 2.05) is 18.2 Å². The van der Waals surface area contributed by atoms with Gasteiger partial charge in [-0.05, 0) is 37.0 Å². The van der Waals surface area contributed by atoms with Gasteiger partial charge in [0.05, 0.1) is 18.7 Å². The minimum absolute atomic E-state index is 0.375. The van der Waals surface area contributed by atoms with Crippen LogP contribution in [0.5, 0.6) is 5.75 Å². The molecular weight excluding hydrogens is 222 g/mol. The van der Waals surface area contributed by atoms with Gasteiger partial charge >= 0.3 is 0 Å². The molecule has 1 atom stereocenters. The van der Waals surface area contributed by atoms with Gasteiger partial charge in [0, 0.05) is 0 Å². The van der Waals surface area contributed by atoms with E-state index < -0.39 is 0 Å². The Morgan fingerprint density at radius 3 is 2.83 bits per heavy atom. The second kappa shape index (κ2) is 7.79. The average molecular weight is 245 g/mol. The standard InChI is InChI=1S/C16H23NO/c1-4-6-14(3)12-18-16-9-8-13(2)11-15(16)7-5-10-17/h8-9,11,14H,4,6,10,12,17H2,1-3H3. The van der Waals surface area contributed by atoms with Crippen molar-refractivity contribution in [3.05, 3.63) is 29.3 Å². The Kier molecular flexibility index (Phi) is 6.32. The quantitative estimate of drug-likeness (QED) is 0.809. The van der Waals surface area contributed by atoms with Gasteiger partial charge in [0.1, 0.15) is 5.75 Å². The van der Waals surface area contributed by atoms with E-state index in [0.29, 0.717) is 12.5 Å². The minimum Gasteiger partial charge on any atom is -0.492 e. The first-order chi connectivity index (χ1) is 8.67. The first kappa shape index (κ1) is 14.6. The van der Waals surface area contributed by atoms with E-state index in [9.17, 15) is 0 Å². The van der Waals surface area contributed by atoms with E-state index in [1.54, 1.807) is 0 Å². The van der Waals surface area contributed by atoms with Crippen LogP contribution in [-0.2, 0) is 0 Å². The highest BCUT2D eigenvalue weighted by Gasteiger charge is 2.05. The van der Waals surface area contributed by atoms with Gasteiger partial charge in [-0.1, -0.05) is 38.2 Å². The first-order valence-electron chi connectivity index (χ1n) is 6.59. The summed E-state index contributed by atoms with van der Waals surface area (Å²) in [4.78, 5) is 0. The normalized spacial score (nSPS) is 11.6. The van der Waals surface area contributed by atoms with E-state index in [0.717, 1.165) is 17.9 Å². The molecule has 1 unspecified atom stereocenters. The van der Waals surface area contributed by atoms with Gasteiger partial charge in [0.2, 0.25) is 0 Å². The maximum atomic E-state index is 5.86. The highest BCUT2D eigenvalue weighted by molar-refractivity contribution is 5.48. The van der Waals surface area contributed by atoms with Crippen molar-refractivity contribution in [2.45, 2.75) is 33.6 Å². The van der Waals surface area contributed by atoms with Crippen LogP contribution in [0.1, 0.15) is 37.8 Å².